The van der Waals surface area contributed by atoms with E-state index in [1.54, 1.807) is 12.1 Å². The van der Waals surface area contributed by atoms with Crippen LogP contribution in [0.5, 0.6) is 0 Å². The van der Waals surface area contributed by atoms with Crippen LogP contribution in [0.25, 0.3) is 0 Å². The Morgan fingerprint density at radius 1 is 1.19 bits per heavy atom. The number of nitrogens with zero attached hydrogens (tertiary/aromatic N) is 1. The van der Waals surface area contributed by atoms with E-state index in [9.17, 15) is 15.0 Å². The Balaban J connectivity index is 2.08. The molecule has 2 rings (SSSR count). The molecule has 0 radical (unpaired) electrons. The van der Waals surface area contributed by atoms with Gasteiger partial charge in [0.15, 0.2) is 5.60 Å². The van der Waals surface area contributed by atoms with Gasteiger partial charge in [0.2, 0.25) is 0 Å². The number of esters is 1. The van der Waals surface area contributed by atoms with Crippen LogP contribution in [0.3, 0.4) is 0 Å². The third-order valence-electron chi connectivity index (χ3n) is 5.49. The summed E-state index contributed by atoms with van der Waals surface area (Å²) in [5.41, 5.74) is -1.06. The summed E-state index contributed by atoms with van der Waals surface area (Å²) in [6, 6.07) is 9.08. The fourth-order valence-electron chi connectivity index (χ4n) is 3.85. The normalized spacial score (nSPS) is 19.1. The zero-order valence-electron chi connectivity index (χ0n) is 16.1. The van der Waals surface area contributed by atoms with Crippen molar-refractivity contribution < 1.29 is 19.7 Å². The monoisotopic (exact) mass is 363 g/mol. The van der Waals surface area contributed by atoms with Crippen LogP contribution in [0.1, 0.15) is 51.5 Å². The zero-order valence-corrected chi connectivity index (χ0v) is 16.1. The molecule has 1 aromatic rings. The van der Waals surface area contributed by atoms with Crippen molar-refractivity contribution in [2.24, 2.45) is 5.92 Å². The Bertz CT molecular complexity index is 540. The minimum atomic E-state index is -1.64. The van der Waals surface area contributed by atoms with E-state index in [1.807, 2.05) is 32.0 Å². The third-order valence-corrected chi connectivity index (χ3v) is 5.49. The number of carbonyl (C=O) groups excluding carboxylic acids is 1. The lowest BCUT2D eigenvalue weighted by Gasteiger charge is -2.37. The van der Waals surface area contributed by atoms with Crippen molar-refractivity contribution in [3.63, 3.8) is 0 Å². The summed E-state index contributed by atoms with van der Waals surface area (Å²) in [5, 5.41) is 21.6. The molecule has 5 nitrogen and oxygen atoms in total. The topological polar surface area (TPSA) is 70.0 Å². The molecule has 0 heterocycles. The molecule has 1 saturated carbocycles. The van der Waals surface area contributed by atoms with Gasteiger partial charge in [0.05, 0.1) is 0 Å². The van der Waals surface area contributed by atoms with Crippen molar-refractivity contribution in [2.45, 2.75) is 57.7 Å². The summed E-state index contributed by atoms with van der Waals surface area (Å²) >= 11 is 0. The van der Waals surface area contributed by atoms with Crippen molar-refractivity contribution in [3.8, 4) is 0 Å². The summed E-state index contributed by atoms with van der Waals surface area (Å²) in [7, 11) is 0. The van der Waals surface area contributed by atoms with Crippen LogP contribution >= 0.6 is 0 Å². The number of aliphatic hydroxyl groups excluding tert-OH is 1. The SMILES string of the molecule is CCN(CC)C[C@@H](O)COC(=O)[C@](O)(c1ccccc1)C1CCCCC1. The zero-order chi connectivity index (χ0) is 19.0. The first kappa shape index (κ1) is 20.9. The fourth-order valence-corrected chi connectivity index (χ4v) is 3.85. The number of hydrogen-bond acceptors (Lipinski definition) is 5. The molecule has 0 unspecified atom stereocenters. The smallest absolute Gasteiger partial charge is 0.343 e. The molecule has 0 aliphatic heterocycles. The molecular formula is C21H33NO4. The highest BCUT2D eigenvalue weighted by Crippen LogP contribution is 2.40. The summed E-state index contributed by atoms with van der Waals surface area (Å²) in [4.78, 5) is 15.0. The quantitative estimate of drug-likeness (QED) is 0.660. The molecule has 2 atom stereocenters. The Morgan fingerprint density at radius 3 is 2.38 bits per heavy atom. The molecule has 1 fully saturated rings. The van der Waals surface area contributed by atoms with Crippen LogP contribution in [0.2, 0.25) is 0 Å². The predicted molar refractivity (Wildman–Crippen MR) is 102 cm³/mol. The second kappa shape index (κ2) is 10.0. The average molecular weight is 363 g/mol. The maximum atomic E-state index is 12.9. The maximum Gasteiger partial charge on any atom is 0.343 e. The van der Waals surface area contributed by atoms with Gasteiger partial charge < -0.3 is 19.8 Å². The lowest BCUT2D eigenvalue weighted by molar-refractivity contribution is -0.178. The van der Waals surface area contributed by atoms with Gasteiger partial charge in [-0.2, -0.15) is 0 Å². The van der Waals surface area contributed by atoms with Crippen molar-refractivity contribution in [2.75, 3.05) is 26.2 Å². The van der Waals surface area contributed by atoms with Crippen LogP contribution in [0.15, 0.2) is 30.3 Å². The second-order valence-electron chi connectivity index (χ2n) is 7.21. The van der Waals surface area contributed by atoms with Crippen molar-refractivity contribution in [3.05, 3.63) is 35.9 Å². The number of rotatable bonds is 9. The molecule has 0 saturated heterocycles. The molecule has 26 heavy (non-hydrogen) atoms. The van der Waals surface area contributed by atoms with E-state index >= 15 is 0 Å². The van der Waals surface area contributed by atoms with Crippen LogP contribution in [0.4, 0.5) is 0 Å². The minimum absolute atomic E-state index is 0.100. The first-order chi connectivity index (χ1) is 12.5. The lowest BCUT2D eigenvalue weighted by Crippen LogP contribution is -2.46. The highest BCUT2D eigenvalue weighted by atomic mass is 16.6. The van der Waals surface area contributed by atoms with Gasteiger partial charge in [-0.15, -0.1) is 0 Å². The van der Waals surface area contributed by atoms with Crippen molar-refractivity contribution in [1.29, 1.82) is 0 Å². The Kier molecular flexibility index (Phi) is 8.07. The predicted octanol–water partition coefficient (Wildman–Crippen LogP) is 2.70. The summed E-state index contributed by atoms with van der Waals surface area (Å²) in [6.07, 6.45) is 4.02. The molecular weight excluding hydrogens is 330 g/mol. The van der Waals surface area contributed by atoms with E-state index in [2.05, 4.69) is 4.90 Å². The molecule has 1 aromatic carbocycles. The van der Waals surface area contributed by atoms with Crippen LogP contribution in [-0.2, 0) is 15.1 Å². The van der Waals surface area contributed by atoms with Gasteiger partial charge in [-0.25, -0.2) is 4.79 Å². The van der Waals surface area contributed by atoms with Crippen LogP contribution in [-0.4, -0.2) is 53.4 Å². The third kappa shape index (κ3) is 5.06. The first-order valence-corrected chi connectivity index (χ1v) is 9.87. The van der Waals surface area contributed by atoms with Gasteiger partial charge in [-0.3, -0.25) is 0 Å². The first-order valence-electron chi connectivity index (χ1n) is 9.87. The molecule has 146 valence electrons. The highest BCUT2D eigenvalue weighted by Gasteiger charge is 2.47. The molecule has 1 aliphatic carbocycles. The van der Waals surface area contributed by atoms with Crippen molar-refractivity contribution in [1.82, 2.24) is 4.90 Å². The summed E-state index contributed by atoms with van der Waals surface area (Å²) in [6.45, 7) is 6.07. The van der Waals surface area contributed by atoms with Gasteiger partial charge >= 0.3 is 5.97 Å². The van der Waals surface area contributed by atoms with Gasteiger partial charge in [-0.05, 0) is 31.5 Å². The molecule has 0 spiro atoms. The van der Waals surface area contributed by atoms with Gasteiger partial charge in [0.1, 0.15) is 12.7 Å². The van der Waals surface area contributed by atoms with E-state index in [-0.39, 0.29) is 12.5 Å². The minimum Gasteiger partial charge on any atom is -0.460 e. The number of aliphatic hydroxyl groups is 2. The largest absolute Gasteiger partial charge is 0.460 e. The molecule has 0 bridgehead atoms. The maximum absolute atomic E-state index is 12.9. The lowest BCUT2D eigenvalue weighted by atomic mass is 9.73. The van der Waals surface area contributed by atoms with E-state index < -0.39 is 17.7 Å². The molecule has 0 amide bonds. The van der Waals surface area contributed by atoms with E-state index in [0.717, 1.165) is 45.2 Å². The molecule has 1 aliphatic rings. The Morgan fingerprint density at radius 2 is 1.81 bits per heavy atom. The summed E-state index contributed by atoms with van der Waals surface area (Å²) in [5.74, 6) is -0.791. The van der Waals surface area contributed by atoms with E-state index in [4.69, 9.17) is 4.74 Å². The standard InChI is InChI=1S/C21H33NO4/c1-3-22(4-2)15-19(23)16-26-20(24)21(25,17-11-7-5-8-12-17)18-13-9-6-10-14-18/h5,7-8,11-12,18-19,23,25H,3-4,6,9-10,13-16H2,1-2H3/t19-,21+/m1/s1. The van der Waals surface area contributed by atoms with Gasteiger partial charge in [-0.1, -0.05) is 63.4 Å². The van der Waals surface area contributed by atoms with Crippen molar-refractivity contribution >= 4 is 5.97 Å². The molecule has 2 N–H and O–H groups in total. The Labute approximate surface area is 157 Å². The number of benzene rings is 1. The molecule has 0 aromatic heterocycles. The van der Waals surface area contributed by atoms with Crippen LogP contribution in [0, 0.1) is 5.92 Å². The molecule has 5 heteroatoms. The average Bonchev–Trinajstić information content (AvgIpc) is 2.70. The van der Waals surface area contributed by atoms with Gasteiger partial charge in [0.25, 0.3) is 0 Å². The second-order valence-corrected chi connectivity index (χ2v) is 7.21. The number of hydrogen-bond donors (Lipinski definition) is 2. The fraction of sp³-hybridized carbons (Fsp3) is 0.667. The van der Waals surface area contributed by atoms with E-state index in [1.165, 1.54) is 0 Å². The summed E-state index contributed by atoms with van der Waals surface area (Å²) < 4.78 is 5.40. The highest BCUT2D eigenvalue weighted by molar-refractivity contribution is 5.81. The van der Waals surface area contributed by atoms with Gasteiger partial charge in [0, 0.05) is 12.5 Å². The number of likely N-dealkylation sites (N-methyl/N-ethyl adjacent to an activating group) is 1. The Hall–Kier alpha value is -1.43. The number of carbonyl (C=O) groups is 1. The number of ether oxygens (including phenoxy) is 1. The van der Waals surface area contributed by atoms with E-state index in [0.29, 0.717) is 12.1 Å². The van der Waals surface area contributed by atoms with Crippen LogP contribution < -0.4 is 0 Å².